The number of anilines is 1. The molecule has 2 rings (SSSR count). The molecule has 1 aromatic rings. The lowest BCUT2D eigenvalue weighted by molar-refractivity contribution is -0.138. The van der Waals surface area contributed by atoms with E-state index in [-0.39, 0.29) is 12.1 Å². The zero-order valence-electron chi connectivity index (χ0n) is 11.3. The molecule has 1 aromatic carbocycles. The topological polar surface area (TPSA) is 78.4 Å². The summed E-state index contributed by atoms with van der Waals surface area (Å²) in [6.45, 7) is 0. The molecule has 114 valence electrons. The number of carboxylic acid groups (broad SMARTS) is 1. The molecule has 21 heavy (non-hydrogen) atoms. The first-order chi connectivity index (χ1) is 9.90. The third-order valence-electron chi connectivity index (χ3n) is 3.61. The SMILES string of the molecule is O=C(O)CC1(NC(=O)Nc2ccc(F)c(F)c2)CCCC1. The van der Waals surface area contributed by atoms with Crippen LogP contribution < -0.4 is 10.6 Å². The Morgan fingerprint density at radius 1 is 1.19 bits per heavy atom. The number of carbonyl (C=O) groups excluding carboxylic acids is 1. The van der Waals surface area contributed by atoms with Crippen molar-refractivity contribution in [1.29, 1.82) is 0 Å². The number of nitrogens with one attached hydrogen (secondary N) is 2. The molecule has 0 spiro atoms. The highest BCUT2D eigenvalue weighted by molar-refractivity contribution is 5.90. The van der Waals surface area contributed by atoms with Crippen molar-refractivity contribution in [2.45, 2.75) is 37.6 Å². The lowest BCUT2D eigenvalue weighted by atomic mass is 9.93. The zero-order chi connectivity index (χ0) is 15.5. The molecule has 7 heteroatoms. The minimum absolute atomic E-state index is 0.106. The van der Waals surface area contributed by atoms with Crippen LogP contribution in [0.2, 0.25) is 0 Å². The van der Waals surface area contributed by atoms with Gasteiger partial charge in [-0.15, -0.1) is 0 Å². The maximum atomic E-state index is 13.1. The van der Waals surface area contributed by atoms with Crippen molar-refractivity contribution >= 4 is 17.7 Å². The van der Waals surface area contributed by atoms with Gasteiger partial charge in [-0.1, -0.05) is 12.8 Å². The van der Waals surface area contributed by atoms with Gasteiger partial charge in [0.1, 0.15) is 0 Å². The van der Waals surface area contributed by atoms with Crippen LogP contribution in [0.25, 0.3) is 0 Å². The molecule has 1 aliphatic rings. The van der Waals surface area contributed by atoms with E-state index in [0.717, 1.165) is 25.0 Å². The van der Waals surface area contributed by atoms with Gasteiger partial charge in [0.15, 0.2) is 11.6 Å². The van der Waals surface area contributed by atoms with Crippen molar-refractivity contribution in [1.82, 2.24) is 5.32 Å². The van der Waals surface area contributed by atoms with Gasteiger partial charge in [-0.25, -0.2) is 13.6 Å². The summed E-state index contributed by atoms with van der Waals surface area (Å²) in [6, 6.07) is 2.39. The van der Waals surface area contributed by atoms with Crippen LogP contribution in [0.3, 0.4) is 0 Å². The molecule has 0 radical (unpaired) electrons. The van der Waals surface area contributed by atoms with Crippen molar-refractivity contribution in [3.8, 4) is 0 Å². The van der Waals surface area contributed by atoms with Crippen molar-refractivity contribution < 1.29 is 23.5 Å². The quantitative estimate of drug-likeness (QED) is 0.799. The maximum Gasteiger partial charge on any atom is 0.319 e. The summed E-state index contributed by atoms with van der Waals surface area (Å²) < 4.78 is 25.9. The van der Waals surface area contributed by atoms with Crippen LogP contribution in [0.15, 0.2) is 18.2 Å². The maximum absolute atomic E-state index is 13.1. The van der Waals surface area contributed by atoms with E-state index in [1.165, 1.54) is 6.07 Å². The van der Waals surface area contributed by atoms with Gasteiger partial charge < -0.3 is 15.7 Å². The molecule has 0 heterocycles. The highest BCUT2D eigenvalue weighted by Crippen LogP contribution is 2.32. The predicted octanol–water partition coefficient (Wildman–Crippen LogP) is 2.87. The molecule has 0 saturated heterocycles. The Balaban J connectivity index is 2.02. The van der Waals surface area contributed by atoms with E-state index in [9.17, 15) is 18.4 Å². The summed E-state index contributed by atoms with van der Waals surface area (Å²) in [4.78, 5) is 22.8. The average Bonchev–Trinajstić information content (AvgIpc) is 2.80. The number of rotatable bonds is 4. The first-order valence-corrected chi connectivity index (χ1v) is 6.66. The highest BCUT2D eigenvalue weighted by Gasteiger charge is 2.37. The number of aliphatic carboxylic acids is 1. The molecule has 0 bridgehead atoms. The van der Waals surface area contributed by atoms with Crippen LogP contribution in [0.1, 0.15) is 32.1 Å². The molecule has 0 aliphatic heterocycles. The number of urea groups is 1. The molecule has 5 nitrogen and oxygen atoms in total. The fraction of sp³-hybridized carbons (Fsp3) is 0.429. The second kappa shape index (κ2) is 6.07. The standard InChI is InChI=1S/C14H16F2N2O3/c15-10-4-3-9(7-11(10)16)17-13(21)18-14(8-12(19)20)5-1-2-6-14/h3-4,7H,1-2,5-6,8H2,(H,19,20)(H2,17,18,21). The molecule has 3 N–H and O–H groups in total. The van der Waals surface area contributed by atoms with Crippen LogP contribution in [-0.2, 0) is 4.79 Å². The third-order valence-corrected chi connectivity index (χ3v) is 3.61. The Bertz CT molecular complexity index is 557. The molecule has 1 fully saturated rings. The highest BCUT2D eigenvalue weighted by atomic mass is 19.2. The number of benzene rings is 1. The van der Waals surface area contributed by atoms with E-state index in [2.05, 4.69) is 10.6 Å². The molecule has 0 aromatic heterocycles. The molecule has 0 atom stereocenters. The van der Waals surface area contributed by atoms with Crippen LogP contribution in [0.4, 0.5) is 19.3 Å². The van der Waals surface area contributed by atoms with Crippen molar-refractivity contribution in [3.05, 3.63) is 29.8 Å². The lowest BCUT2D eigenvalue weighted by Crippen LogP contribution is -2.49. The van der Waals surface area contributed by atoms with Crippen LogP contribution in [-0.4, -0.2) is 22.6 Å². The predicted molar refractivity (Wildman–Crippen MR) is 72.0 cm³/mol. The lowest BCUT2D eigenvalue weighted by Gasteiger charge is -2.28. The number of hydrogen-bond donors (Lipinski definition) is 3. The number of amides is 2. The van der Waals surface area contributed by atoms with Gasteiger partial charge in [-0.05, 0) is 25.0 Å². The van der Waals surface area contributed by atoms with E-state index in [0.29, 0.717) is 12.8 Å². The number of carboxylic acids is 1. The monoisotopic (exact) mass is 298 g/mol. The van der Waals surface area contributed by atoms with E-state index < -0.39 is 29.2 Å². The van der Waals surface area contributed by atoms with Gasteiger partial charge >= 0.3 is 12.0 Å². The van der Waals surface area contributed by atoms with Crippen LogP contribution in [0, 0.1) is 11.6 Å². The Kier molecular flexibility index (Phi) is 4.40. The van der Waals surface area contributed by atoms with Gasteiger partial charge in [-0.2, -0.15) is 0 Å². The summed E-state index contributed by atoms with van der Waals surface area (Å²) in [6.07, 6.45) is 2.71. The summed E-state index contributed by atoms with van der Waals surface area (Å²) >= 11 is 0. The number of hydrogen-bond acceptors (Lipinski definition) is 2. The van der Waals surface area contributed by atoms with E-state index in [1.807, 2.05) is 0 Å². The fourth-order valence-corrected chi connectivity index (χ4v) is 2.66. The summed E-state index contributed by atoms with van der Waals surface area (Å²) in [7, 11) is 0. The molecular formula is C14H16F2N2O3. The molecule has 1 aliphatic carbocycles. The first kappa shape index (κ1) is 15.2. The summed E-state index contributed by atoms with van der Waals surface area (Å²) in [5.41, 5.74) is -0.663. The van der Waals surface area contributed by atoms with Gasteiger partial charge in [0.25, 0.3) is 0 Å². The van der Waals surface area contributed by atoms with E-state index in [4.69, 9.17) is 5.11 Å². The normalized spacial score (nSPS) is 16.5. The minimum atomic E-state index is -1.06. The molecule has 0 unspecified atom stereocenters. The largest absolute Gasteiger partial charge is 0.481 e. The smallest absolute Gasteiger partial charge is 0.319 e. The summed E-state index contributed by atoms with van der Waals surface area (Å²) in [5, 5.41) is 14.0. The Hall–Kier alpha value is -2.18. The number of halogens is 2. The van der Waals surface area contributed by atoms with Gasteiger partial charge in [0.2, 0.25) is 0 Å². The van der Waals surface area contributed by atoms with Gasteiger partial charge in [0.05, 0.1) is 12.0 Å². The second-order valence-corrected chi connectivity index (χ2v) is 5.27. The summed E-state index contributed by atoms with van der Waals surface area (Å²) in [5.74, 6) is -3.04. The fourth-order valence-electron chi connectivity index (χ4n) is 2.66. The van der Waals surface area contributed by atoms with Gasteiger partial charge in [-0.3, -0.25) is 4.79 Å². The Labute approximate surface area is 120 Å². The van der Waals surface area contributed by atoms with Crippen molar-refractivity contribution in [2.24, 2.45) is 0 Å². The van der Waals surface area contributed by atoms with Crippen molar-refractivity contribution in [2.75, 3.05) is 5.32 Å². The van der Waals surface area contributed by atoms with Crippen LogP contribution in [0.5, 0.6) is 0 Å². The second-order valence-electron chi connectivity index (χ2n) is 5.27. The van der Waals surface area contributed by atoms with Crippen LogP contribution >= 0.6 is 0 Å². The van der Waals surface area contributed by atoms with E-state index in [1.54, 1.807) is 0 Å². The van der Waals surface area contributed by atoms with Crippen molar-refractivity contribution in [3.63, 3.8) is 0 Å². The zero-order valence-corrected chi connectivity index (χ0v) is 11.3. The molecule has 2 amide bonds. The average molecular weight is 298 g/mol. The minimum Gasteiger partial charge on any atom is -0.481 e. The molecular weight excluding hydrogens is 282 g/mol. The Morgan fingerprint density at radius 2 is 1.86 bits per heavy atom. The first-order valence-electron chi connectivity index (χ1n) is 6.66. The van der Waals surface area contributed by atoms with Gasteiger partial charge in [0, 0.05) is 11.8 Å². The molecule has 1 saturated carbocycles. The Morgan fingerprint density at radius 3 is 2.43 bits per heavy atom. The van der Waals surface area contributed by atoms with E-state index >= 15 is 0 Å². The number of carbonyl (C=O) groups is 2. The third kappa shape index (κ3) is 3.90.